The maximum absolute atomic E-state index is 13.3. The molecule has 1 N–H and O–H groups in total. The average Bonchev–Trinajstić information content (AvgIpc) is 2.83. The van der Waals surface area contributed by atoms with Crippen molar-refractivity contribution in [3.8, 4) is 11.5 Å². The van der Waals surface area contributed by atoms with Gasteiger partial charge in [-0.25, -0.2) is 9.69 Å². The Balaban J connectivity index is 1.67. The predicted octanol–water partition coefficient (Wildman–Crippen LogP) is 6.17. The maximum atomic E-state index is 13.3. The molecule has 4 rings (SSSR count). The van der Waals surface area contributed by atoms with Crippen LogP contribution in [-0.2, 0) is 16.2 Å². The third kappa shape index (κ3) is 5.91. The van der Waals surface area contributed by atoms with Gasteiger partial charge in [0.15, 0.2) is 11.5 Å². The molecule has 196 valence electrons. The normalized spacial score (nSPS) is 14.6. The Kier molecular flexibility index (Phi) is 8.20. The number of aryl methyl sites for hydroxylation is 4. The van der Waals surface area contributed by atoms with Crippen LogP contribution in [-0.4, -0.2) is 24.5 Å². The largest absolute Gasteiger partial charge is 0.490 e. The van der Waals surface area contributed by atoms with Crippen LogP contribution in [0.2, 0.25) is 0 Å². The summed E-state index contributed by atoms with van der Waals surface area (Å²) in [5.74, 6) is -0.352. The van der Waals surface area contributed by atoms with E-state index in [2.05, 4.69) is 46.1 Å². The lowest BCUT2D eigenvalue weighted by Crippen LogP contribution is -2.54. The Morgan fingerprint density at radius 3 is 2.26 bits per heavy atom. The highest BCUT2D eigenvalue weighted by atomic mass is 127. The minimum atomic E-state index is -0.778. The number of urea groups is 1. The number of carbonyl (C=O) groups excluding carboxylic acids is 3. The zero-order valence-corrected chi connectivity index (χ0v) is 24.1. The summed E-state index contributed by atoms with van der Waals surface area (Å²) in [7, 11) is 0. The molecule has 0 unspecified atom stereocenters. The summed E-state index contributed by atoms with van der Waals surface area (Å²) in [6.45, 7) is 10.6. The van der Waals surface area contributed by atoms with Gasteiger partial charge in [-0.05, 0) is 110 Å². The molecule has 1 fully saturated rings. The molecule has 0 saturated carbocycles. The van der Waals surface area contributed by atoms with Crippen LogP contribution in [0.5, 0.6) is 11.5 Å². The van der Waals surface area contributed by atoms with Gasteiger partial charge in [-0.1, -0.05) is 35.4 Å². The molecule has 3 aromatic carbocycles. The van der Waals surface area contributed by atoms with Crippen LogP contribution in [0, 0.1) is 31.3 Å². The number of hydrogen-bond acceptors (Lipinski definition) is 5. The number of hydrogen-bond donors (Lipinski definition) is 1. The number of rotatable bonds is 7. The number of carbonyl (C=O) groups is 3. The van der Waals surface area contributed by atoms with E-state index in [9.17, 15) is 14.4 Å². The number of barbiturate groups is 1. The van der Waals surface area contributed by atoms with Gasteiger partial charge < -0.3 is 9.47 Å². The van der Waals surface area contributed by atoms with Gasteiger partial charge >= 0.3 is 6.03 Å². The summed E-state index contributed by atoms with van der Waals surface area (Å²) in [6, 6.07) is 14.3. The molecule has 0 aromatic heterocycles. The second kappa shape index (κ2) is 11.4. The van der Waals surface area contributed by atoms with Gasteiger partial charge in [0.05, 0.1) is 15.9 Å². The molecular formula is C30H29IN2O5. The number of halogens is 1. The number of benzene rings is 3. The minimum Gasteiger partial charge on any atom is -0.490 e. The van der Waals surface area contributed by atoms with E-state index in [0.717, 1.165) is 36.3 Å². The fraction of sp³-hybridized carbons (Fsp3) is 0.233. The fourth-order valence-corrected chi connectivity index (χ4v) is 5.09. The van der Waals surface area contributed by atoms with Crippen molar-refractivity contribution in [1.29, 1.82) is 0 Å². The highest BCUT2D eigenvalue weighted by Crippen LogP contribution is 2.36. The summed E-state index contributed by atoms with van der Waals surface area (Å²) in [4.78, 5) is 39.6. The number of anilines is 1. The summed E-state index contributed by atoms with van der Waals surface area (Å²) in [5, 5.41) is 2.28. The maximum Gasteiger partial charge on any atom is 0.335 e. The smallest absolute Gasteiger partial charge is 0.335 e. The molecule has 0 atom stereocenters. The zero-order chi connectivity index (χ0) is 27.6. The fourth-order valence-electron chi connectivity index (χ4n) is 4.31. The first-order valence-electron chi connectivity index (χ1n) is 12.2. The van der Waals surface area contributed by atoms with E-state index in [1.54, 1.807) is 18.2 Å². The monoisotopic (exact) mass is 624 g/mol. The van der Waals surface area contributed by atoms with Crippen LogP contribution in [0.3, 0.4) is 0 Å². The third-order valence-electron chi connectivity index (χ3n) is 6.16. The van der Waals surface area contributed by atoms with Crippen molar-refractivity contribution in [3.63, 3.8) is 0 Å². The van der Waals surface area contributed by atoms with E-state index < -0.39 is 17.8 Å². The second-order valence-electron chi connectivity index (χ2n) is 9.27. The van der Waals surface area contributed by atoms with E-state index in [0.29, 0.717) is 36.0 Å². The lowest BCUT2D eigenvalue weighted by molar-refractivity contribution is -0.122. The summed E-state index contributed by atoms with van der Waals surface area (Å²) in [6.07, 6.45) is 1.47. The Labute approximate surface area is 236 Å². The quantitative estimate of drug-likeness (QED) is 0.193. The van der Waals surface area contributed by atoms with Crippen LogP contribution in [0.15, 0.2) is 54.1 Å². The van der Waals surface area contributed by atoms with E-state index in [4.69, 9.17) is 9.47 Å². The van der Waals surface area contributed by atoms with Gasteiger partial charge in [-0.3, -0.25) is 14.9 Å². The molecule has 7 nitrogen and oxygen atoms in total. The van der Waals surface area contributed by atoms with Crippen molar-refractivity contribution < 1.29 is 23.9 Å². The van der Waals surface area contributed by atoms with Gasteiger partial charge in [0, 0.05) is 0 Å². The van der Waals surface area contributed by atoms with Gasteiger partial charge in [0.1, 0.15) is 12.2 Å². The van der Waals surface area contributed by atoms with Crippen molar-refractivity contribution in [2.75, 3.05) is 11.5 Å². The molecule has 3 aromatic rings. The highest BCUT2D eigenvalue weighted by Gasteiger charge is 2.37. The molecule has 0 aliphatic carbocycles. The van der Waals surface area contributed by atoms with E-state index >= 15 is 0 Å². The first kappa shape index (κ1) is 27.4. The number of ether oxygens (including phenoxy) is 2. The Hall–Kier alpha value is -3.66. The molecule has 1 saturated heterocycles. The summed E-state index contributed by atoms with van der Waals surface area (Å²) >= 11 is 2.15. The number of amides is 4. The van der Waals surface area contributed by atoms with Crippen LogP contribution in [0.4, 0.5) is 10.5 Å². The molecule has 0 bridgehead atoms. The number of nitrogens with zero attached hydrogens (tertiary/aromatic N) is 1. The number of imide groups is 2. The van der Waals surface area contributed by atoms with Crippen molar-refractivity contribution >= 4 is 52.2 Å². The summed E-state index contributed by atoms with van der Waals surface area (Å²) in [5.41, 5.74) is 6.15. The van der Waals surface area contributed by atoms with Crippen LogP contribution in [0.25, 0.3) is 6.08 Å². The average molecular weight is 624 g/mol. The minimum absolute atomic E-state index is 0.148. The Bertz CT molecular complexity index is 1460. The van der Waals surface area contributed by atoms with E-state index in [1.165, 1.54) is 6.08 Å². The third-order valence-corrected chi connectivity index (χ3v) is 6.96. The molecule has 1 aliphatic rings. The second-order valence-corrected chi connectivity index (χ2v) is 10.4. The highest BCUT2D eigenvalue weighted by molar-refractivity contribution is 14.1. The molecule has 1 aliphatic heterocycles. The molecule has 8 heteroatoms. The van der Waals surface area contributed by atoms with E-state index in [-0.39, 0.29) is 5.57 Å². The Morgan fingerprint density at radius 2 is 1.61 bits per heavy atom. The van der Waals surface area contributed by atoms with E-state index in [1.807, 2.05) is 46.8 Å². The molecule has 4 amide bonds. The van der Waals surface area contributed by atoms with Gasteiger partial charge in [0.2, 0.25) is 0 Å². The van der Waals surface area contributed by atoms with Gasteiger partial charge in [-0.15, -0.1) is 0 Å². The van der Waals surface area contributed by atoms with Crippen LogP contribution < -0.4 is 19.7 Å². The van der Waals surface area contributed by atoms with Gasteiger partial charge in [0.25, 0.3) is 11.8 Å². The lowest BCUT2D eigenvalue weighted by Gasteiger charge is -2.27. The molecule has 38 heavy (non-hydrogen) atoms. The van der Waals surface area contributed by atoms with Crippen molar-refractivity contribution in [3.05, 3.63) is 91.1 Å². The topological polar surface area (TPSA) is 84.9 Å². The molecule has 0 spiro atoms. The van der Waals surface area contributed by atoms with Crippen molar-refractivity contribution in [2.24, 2.45) is 0 Å². The number of nitrogens with one attached hydrogen (secondary N) is 1. The first-order chi connectivity index (χ1) is 18.1. The molecular weight excluding hydrogens is 595 g/mol. The van der Waals surface area contributed by atoms with Crippen molar-refractivity contribution in [2.45, 2.75) is 41.2 Å². The van der Waals surface area contributed by atoms with Crippen LogP contribution in [0.1, 0.15) is 40.3 Å². The lowest BCUT2D eigenvalue weighted by atomic mass is 10.0. The zero-order valence-electron chi connectivity index (χ0n) is 22.0. The molecule has 1 heterocycles. The Morgan fingerprint density at radius 1 is 0.895 bits per heavy atom. The van der Waals surface area contributed by atoms with Gasteiger partial charge in [-0.2, -0.15) is 0 Å². The SMILES string of the molecule is CCOc1cc(/C=C2\C(=O)NC(=O)N(c3ccc(C)c(C)c3)C2=O)cc(I)c1OCc1cc(C)cc(C)c1. The standard InChI is InChI=1S/C30H29IN2O5/c1-6-37-26-15-21(14-25(31)27(26)38-16-22-10-17(2)9-18(3)11-22)13-24-28(34)32-30(36)33(29(24)35)23-8-7-19(4)20(5)12-23/h7-15H,6,16H2,1-5H3,(H,32,34,36)/b24-13+. The predicted molar refractivity (Wildman–Crippen MR) is 155 cm³/mol. The van der Waals surface area contributed by atoms with Crippen LogP contribution >= 0.6 is 22.6 Å². The summed E-state index contributed by atoms with van der Waals surface area (Å²) < 4.78 is 12.8. The first-order valence-corrected chi connectivity index (χ1v) is 13.3. The molecule has 0 radical (unpaired) electrons. The van der Waals surface area contributed by atoms with Crippen molar-refractivity contribution in [1.82, 2.24) is 5.32 Å².